The Hall–Kier alpha value is -0.660. The van der Waals surface area contributed by atoms with Gasteiger partial charge in [-0.15, -0.1) is 24.8 Å². The summed E-state index contributed by atoms with van der Waals surface area (Å²) in [5, 5.41) is 16.4. The number of nitrogens with one attached hydrogen (secondary N) is 2. The Morgan fingerprint density at radius 3 is 2.35 bits per heavy atom. The minimum Gasteiger partial charge on any atom is -0.390 e. The number of nitrogens with zero attached hydrogens (tertiary/aromatic N) is 1. The molecule has 23 heavy (non-hydrogen) atoms. The molecule has 4 nitrogen and oxygen atoms in total. The van der Waals surface area contributed by atoms with Crippen molar-refractivity contribution in [3.8, 4) is 0 Å². The Bertz CT molecular complexity index is 502. The lowest BCUT2D eigenvalue weighted by molar-refractivity contribution is 0.153. The van der Waals surface area contributed by atoms with Crippen molar-refractivity contribution < 1.29 is 13.9 Å². The normalized spacial score (nSPS) is 24.9. The van der Waals surface area contributed by atoms with Crippen LogP contribution < -0.4 is 15.5 Å². The molecule has 2 fully saturated rings. The average Bonchev–Trinajstić information content (AvgIpc) is 2.88. The first kappa shape index (κ1) is 20.4. The molecule has 0 aromatic heterocycles. The molecule has 2 aliphatic heterocycles. The summed E-state index contributed by atoms with van der Waals surface area (Å²) < 4.78 is 26.2. The minimum absolute atomic E-state index is 0. The lowest BCUT2D eigenvalue weighted by atomic mass is 10.0. The van der Waals surface area contributed by atoms with E-state index in [2.05, 4.69) is 15.5 Å². The van der Waals surface area contributed by atoms with Gasteiger partial charge in [-0.2, -0.15) is 0 Å². The van der Waals surface area contributed by atoms with Gasteiger partial charge < -0.3 is 20.6 Å². The Morgan fingerprint density at radius 2 is 1.78 bits per heavy atom. The first-order chi connectivity index (χ1) is 10.1. The standard InChI is InChI=1S/C15H21F2N3O.2ClH/c16-12-2-1-11(7-13(12)17)20-5-3-10(4-6-20)19-14-8-18-9-15(14)21;;/h1-2,7,10,14-15,18-19,21H,3-6,8-9H2;2*1H/t14-,15-;;/m1../s1. The topological polar surface area (TPSA) is 47.5 Å². The molecule has 0 bridgehead atoms. The van der Waals surface area contributed by atoms with Crippen LogP contribution in [0.1, 0.15) is 12.8 Å². The predicted octanol–water partition coefficient (Wildman–Crippen LogP) is 1.70. The minimum atomic E-state index is -0.807. The molecule has 0 amide bonds. The van der Waals surface area contributed by atoms with E-state index in [0.717, 1.165) is 38.2 Å². The van der Waals surface area contributed by atoms with Crippen molar-refractivity contribution in [3.05, 3.63) is 29.8 Å². The molecule has 0 unspecified atom stereocenters. The van der Waals surface area contributed by atoms with Crippen molar-refractivity contribution in [2.45, 2.75) is 31.0 Å². The second-order valence-electron chi connectivity index (χ2n) is 5.86. The third-order valence-corrected chi connectivity index (χ3v) is 4.40. The molecule has 2 heterocycles. The molecule has 2 saturated heterocycles. The van der Waals surface area contributed by atoms with E-state index >= 15 is 0 Å². The third kappa shape index (κ3) is 4.90. The number of aliphatic hydroxyl groups excluding tert-OH is 1. The molecular weight excluding hydrogens is 347 g/mol. The highest BCUT2D eigenvalue weighted by Crippen LogP contribution is 2.22. The van der Waals surface area contributed by atoms with Crippen molar-refractivity contribution >= 4 is 30.5 Å². The molecule has 3 N–H and O–H groups in total. The number of benzene rings is 1. The van der Waals surface area contributed by atoms with E-state index < -0.39 is 11.6 Å². The Balaban J connectivity index is 0.00000132. The number of hydrogen-bond acceptors (Lipinski definition) is 4. The Morgan fingerprint density at radius 1 is 1.09 bits per heavy atom. The summed E-state index contributed by atoms with van der Waals surface area (Å²) in [6.45, 7) is 3.05. The summed E-state index contributed by atoms with van der Waals surface area (Å²) in [5.74, 6) is -1.61. The first-order valence-electron chi connectivity index (χ1n) is 7.48. The van der Waals surface area contributed by atoms with E-state index in [4.69, 9.17) is 0 Å². The van der Waals surface area contributed by atoms with E-state index in [9.17, 15) is 13.9 Å². The van der Waals surface area contributed by atoms with Crippen molar-refractivity contribution in [1.29, 1.82) is 0 Å². The van der Waals surface area contributed by atoms with Crippen LogP contribution in [0.5, 0.6) is 0 Å². The molecule has 8 heteroatoms. The van der Waals surface area contributed by atoms with Crippen molar-refractivity contribution in [3.63, 3.8) is 0 Å². The van der Waals surface area contributed by atoms with E-state index in [1.165, 1.54) is 12.1 Å². The molecule has 1 aromatic rings. The lowest BCUT2D eigenvalue weighted by Crippen LogP contribution is -2.50. The zero-order chi connectivity index (χ0) is 14.8. The predicted molar refractivity (Wildman–Crippen MR) is 91.9 cm³/mol. The third-order valence-electron chi connectivity index (χ3n) is 4.40. The summed E-state index contributed by atoms with van der Waals surface area (Å²) in [6.07, 6.45) is 1.54. The monoisotopic (exact) mass is 369 g/mol. The number of hydrogen-bond donors (Lipinski definition) is 3. The van der Waals surface area contributed by atoms with Crippen LogP contribution in [0.25, 0.3) is 0 Å². The fourth-order valence-electron chi connectivity index (χ4n) is 3.12. The Labute approximate surface area is 147 Å². The second-order valence-corrected chi connectivity index (χ2v) is 5.86. The Kier molecular flexibility index (Phi) is 7.97. The van der Waals surface area contributed by atoms with Gasteiger partial charge in [0, 0.05) is 50.0 Å². The summed E-state index contributed by atoms with van der Waals surface area (Å²) in [4.78, 5) is 2.07. The lowest BCUT2D eigenvalue weighted by Gasteiger charge is -2.35. The molecule has 0 saturated carbocycles. The maximum Gasteiger partial charge on any atom is 0.160 e. The van der Waals surface area contributed by atoms with E-state index in [0.29, 0.717) is 12.6 Å². The van der Waals surface area contributed by atoms with Crippen LogP contribution in [0.2, 0.25) is 0 Å². The zero-order valence-electron chi connectivity index (χ0n) is 12.7. The quantitative estimate of drug-likeness (QED) is 0.758. The van der Waals surface area contributed by atoms with Crippen molar-refractivity contribution in [2.24, 2.45) is 0 Å². The smallest absolute Gasteiger partial charge is 0.160 e. The van der Waals surface area contributed by atoms with Crippen LogP contribution in [-0.4, -0.2) is 49.5 Å². The molecule has 0 spiro atoms. The largest absolute Gasteiger partial charge is 0.390 e. The van der Waals surface area contributed by atoms with Crippen molar-refractivity contribution in [2.75, 3.05) is 31.1 Å². The van der Waals surface area contributed by atoms with Gasteiger partial charge in [0.05, 0.1) is 6.10 Å². The number of halogens is 4. The van der Waals surface area contributed by atoms with Gasteiger partial charge in [0.25, 0.3) is 0 Å². The van der Waals surface area contributed by atoms with Gasteiger partial charge in [-0.3, -0.25) is 0 Å². The fraction of sp³-hybridized carbons (Fsp3) is 0.600. The van der Waals surface area contributed by atoms with Gasteiger partial charge >= 0.3 is 0 Å². The van der Waals surface area contributed by atoms with Crippen LogP contribution in [0.4, 0.5) is 14.5 Å². The summed E-state index contributed by atoms with van der Waals surface area (Å²) in [5.41, 5.74) is 0.731. The van der Waals surface area contributed by atoms with Crippen molar-refractivity contribution in [1.82, 2.24) is 10.6 Å². The van der Waals surface area contributed by atoms with Gasteiger partial charge in [0.1, 0.15) is 0 Å². The van der Waals surface area contributed by atoms with Crippen LogP contribution >= 0.6 is 24.8 Å². The summed E-state index contributed by atoms with van der Waals surface area (Å²) in [6, 6.07) is 4.54. The van der Waals surface area contributed by atoms with Crippen LogP contribution in [0, 0.1) is 11.6 Å². The molecule has 0 radical (unpaired) electrons. The van der Waals surface area contributed by atoms with Gasteiger partial charge in [-0.1, -0.05) is 0 Å². The number of β-amino-alcohol motifs (C(OH)–C–C–N with tert-alkyl or cyclic N) is 1. The van der Waals surface area contributed by atoms with Crippen LogP contribution in [0.3, 0.4) is 0 Å². The highest BCUT2D eigenvalue weighted by molar-refractivity contribution is 5.85. The fourth-order valence-corrected chi connectivity index (χ4v) is 3.12. The number of rotatable bonds is 3. The van der Waals surface area contributed by atoms with E-state index in [1.807, 2.05) is 0 Å². The highest BCUT2D eigenvalue weighted by atomic mass is 35.5. The maximum atomic E-state index is 13.3. The summed E-state index contributed by atoms with van der Waals surface area (Å²) >= 11 is 0. The molecule has 3 rings (SSSR count). The van der Waals surface area contributed by atoms with Crippen LogP contribution in [0.15, 0.2) is 18.2 Å². The SMILES string of the molecule is Cl.Cl.O[C@@H]1CNC[C@H]1NC1CCN(c2ccc(F)c(F)c2)CC1. The highest BCUT2D eigenvalue weighted by Gasteiger charge is 2.28. The van der Waals surface area contributed by atoms with Gasteiger partial charge in [0.2, 0.25) is 0 Å². The number of aliphatic hydroxyl groups is 1. The van der Waals surface area contributed by atoms with Crippen LogP contribution in [-0.2, 0) is 0 Å². The van der Waals surface area contributed by atoms with E-state index in [1.54, 1.807) is 6.07 Å². The van der Waals surface area contributed by atoms with Gasteiger partial charge in [-0.05, 0) is 25.0 Å². The summed E-state index contributed by atoms with van der Waals surface area (Å²) in [7, 11) is 0. The van der Waals surface area contributed by atoms with E-state index in [-0.39, 0.29) is 37.0 Å². The zero-order valence-corrected chi connectivity index (χ0v) is 14.3. The molecule has 0 aliphatic carbocycles. The first-order valence-corrected chi connectivity index (χ1v) is 7.48. The molecule has 1 aromatic carbocycles. The number of anilines is 1. The maximum absolute atomic E-state index is 13.3. The molecule has 2 aliphatic rings. The molecule has 2 atom stereocenters. The second kappa shape index (κ2) is 8.99. The van der Waals surface area contributed by atoms with Gasteiger partial charge in [0.15, 0.2) is 11.6 Å². The molecule has 132 valence electrons. The van der Waals surface area contributed by atoms with Gasteiger partial charge in [-0.25, -0.2) is 8.78 Å². The molecular formula is C15H23Cl2F2N3O. The number of piperidine rings is 1. The average molecular weight is 370 g/mol.